The van der Waals surface area contributed by atoms with Crippen molar-refractivity contribution >= 4 is 27.5 Å². The molecule has 0 aliphatic carbocycles. The summed E-state index contributed by atoms with van der Waals surface area (Å²) in [5.74, 6) is 0.430. The van der Waals surface area contributed by atoms with Gasteiger partial charge in [-0.2, -0.15) is 0 Å². The molecule has 1 aromatic heterocycles. The molecular weight excluding hydrogens is 424 g/mol. The van der Waals surface area contributed by atoms with Crippen molar-refractivity contribution in [1.29, 1.82) is 0 Å². The average Bonchev–Trinajstić information content (AvgIpc) is 2.85. The van der Waals surface area contributed by atoms with E-state index in [0.29, 0.717) is 28.9 Å². The minimum Gasteiger partial charge on any atom is -0.485 e. The summed E-state index contributed by atoms with van der Waals surface area (Å²) in [4.78, 5) is 25.7. The molecule has 0 radical (unpaired) electrons. The maximum absolute atomic E-state index is 12.9. The monoisotopic (exact) mass is 448 g/mol. The van der Waals surface area contributed by atoms with Crippen molar-refractivity contribution in [2.45, 2.75) is 20.3 Å². The van der Waals surface area contributed by atoms with Crippen molar-refractivity contribution < 1.29 is 13.9 Å². The Hall–Kier alpha value is -4.18. The molecule has 0 aliphatic heterocycles. The molecule has 5 rings (SSSR count). The van der Waals surface area contributed by atoms with Crippen LogP contribution in [0.4, 0.5) is 0 Å². The third kappa shape index (κ3) is 4.23. The normalized spacial score (nSPS) is 11.1. The van der Waals surface area contributed by atoms with Crippen LogP contribution in [0.15, 0.2) is 94.1 Å². The van der Waals surface area contributed by atoms with Gasteiger partial charge in [0.05, 0.1) is 5.39 Å². The molecule has 0 aliphatic rings. The zero-order valence-electron chi connectivity index (χ0n) is 19.1. The molecule has 34 heavy (non-hydrogen) atoms. The molecule has 0 bridgehead atoms. The number of aryl methyl sites for hydroxylation is 2. The molecule has 5 aromatic rings. The molecule has 0 spiro atoms. The summed E-state index contributed by atoms with van der Waals surface area (Å²) in [5, 5.41) is 2.82. The molecule has 4 heteroatoms. The highest BCUT2D eigenvalue weighted by molar-refractivity contribution is 6.01. The lowest BCUT2D eigenvalue weighted by Crippen LogP contribution is -2.14. The van der Waals surface area contributed by atoms with Crippen LogP contribution in [0.5, 0.6) is 5.75 Å². The first-order valence-corrected chi connectivity index (χ1v) is 11.3. The zero-order valence-corrected chi connectivity index (χ0v) is 19.1. The number of rotatable bonds is 6. The van der Waals surface area contributed by atoms with E-state index < -0.39 is 0 Å². The highest BCUT2D eigenvalue weighted by Gasteiger charge is 2.17. The topological polar surface area (TPSA) is 56.5 Å². The van der Waals surface area contributed by atoms with Crippen LogP contribution in [-0.2, 0) is 6.42 Å². The summed E-state index contributed by atoms with van der Waals surface area (Å²) in [5.41, 5.74) is 4.03. The second kappa shape index (κ2) is 8.99. The van der Waals surface area contributed by atoms with Crippen LogP contribution < -0.4 is 10.4 Å². The third-order valence-electron chi connectivity index (χ3n) is 6.14. The number of benzene rings is 4. The van der Waals surface area contributed by atoms with Crippen LogP contribution in [0.3, 0.4) is 0 Å². The van der Waals surface area contributed by atoms with E-state index in [1.54, 1.807) is 0 Å². The third-order valence-corrected chi connectivity index (χ3v) is 6.14. The molecular formula is C30H24O4. The lowest BCUT2D eigenvalue weighted by molar-refractivity contribution is 0.0922. The van der Waals surface area contributed by atoms with Gasteiger partial charge in [-0.3, -0.25) is 4.79 Å². The fourth-order valence-electron chi connectivity index (χ4n) is 4.34. The predicted molar refractivity (Wildman–Crippen MR) is 135 cm³/mol. The van der Waals surface area contributed by atoms with Gasteiger partial charge in [-0.15, -0.1) is 0 Å². The van der Waals surface area contributed by atoms with Crippen LogP contribution in [0.2, 0.25) is 0 Å². The second-order valence-electron chi connectivity index (χ2n) is 8.57. The van der Waals surface area contributed by atoms with Crippen LogP contribution >= 0.6 is 0 Å². The fourth-order valence-corrected chi connectivity index (χ4v) is 4.34. The van der Waals surface area contributed by atoms with Crippen LogP contribution in [0, 0.1) is 13.8 Å². The maximum Gasteiger partial charge on any atom is 0.340 e. The zero-order chi connectivity index (χ0) is 23.7. The molecule has 4 aromatic carbocycles. The Morgan fingerprint density at radius 2 is 1.59 bits per heavy atom. The number of Topliss-reactive ketones (excluding diaryl/α,β-unsaturated/α-hetero) is 1. The molecule has 0 atom stereocenters. The van der Waals surface area contributed by atoms with E-state index in [-0.39, 0.29) is 18.0 Å². The van der Waals surface area contributed by atoms with E-state index in [9.17, 15) is 9.59 Å². The number of hydrogen-bond acceptors (Lipinski definition) is 4. The number of ketones is 1. The Kier molecular flexibility index (Phi) is 5.72. The first-order valence-electron chi connectivity index (χ1n) is 11.3. The minimum absolute atomic E-state index is 0.108. The van der Waals surface area contributed by atoms with Crippen molar-refractivity contribution in [2.75, 3.05) is 6.61 Å². The predicted octanol–water partition coefficient (Wildman–Crippen LogP) is 6.42. The van der Waals surface area contributed by atoms with Gasteiger partial charge >= 0.3 is 5.63 Å². The van der Waals surface area contributed by atoms with Gasteiger partial charge in [0.25, 0.3) is 0 Å². The van der Waals surface area contributed by atoms with Crippen molar-refractivity contribution in [2.24, 2.45) is 0 Å². The molecule has 0 saturated heterocycles. The lowest BCUT2D eigenvalue weighted by Gasteiger charge is -2.14. The van der Waals surface area contributed by atoms with Crippen LogP contribution in [0.1, 0.15) is 32.6 Å². The van der Waals surface area contributed by atoms with Crippen LogP contribution in [0.25, 0.3) is 21.7 Å². The van der Waals surface area contributed by atoms with Crippen molar-refractivity contribution in [3.8, 4) is 5.75 Å². The number of ether oxygens (including phenoxy) is 1. The Morgan fingerprint density at radius 3 is 2.38 bits per heavy atom. The van der Waals surface area contributed by atoms with E-state index in [1.807, 2.05) is 98.8 Å². The van der Waals surface area contributed by atoms with Gasteiger partial charge in [0.15, 0.2) is 12.4 Å². The number of hydrogen-bond donors (Lipinski definition) is 0. The molecule has 0 unspecified atom stereocenters. The molecule has 0 N–H and O–H groups in total. The molecule has 0 amide bonds. The molecule has 0 fully saturated rings. The number of carbonyl (C=O) groups excluding carboxylic acids is 1. The number of fused-ring (bicyclic) bond motifs is 2. The summed E-state index contributed by atoms with van der Waals surface area (Å²) in [6.07, 6.45) is 0.467. The van der Waals surface area contributed by atoms with E-state index in [4.69, 9.17) is 9.15 Å². The summed E-state index contributed by atoms with van der Waals surface area (Å²) < 4.78 is 11.7. The molecule has 4 nitrogen and oxygen atoms in total. The molecule has 168 valence electrons. The highest BCUT2D eigenvalue weighted by Crippen LogP contribution is 2.32. The van der Waals surface area contributed by atoms with Crippen LogP contribution in [-0.4, -0.2) is 12.4 Å². The van der Waals surface area contributed by atoms with E-state index in [1.165, 1.54) is 0 Å². The summed E-state index contributed by atoms with van der Waals surface area (Å²) in [6.45, 7) is 3.71. The standard InChI is InChI=1S/C30H24O4/c1-19-14-27(33-18-26(31)24-13-12-22-10-6-7-11-23(22)17-24)29-20(2)25(30(32)34-28(29)15-19)16-21-8-4-3-5-9-21/h3-15,17H,16,18H2,1-2H3. The largest absolute Gasteiger partial charge is 0.485 e. The average molecular weight is 449 g/mol. The fraction of sp³-hybridized carbons (Fsp3) is 0.133. The van der Waals surface area contributed by atoms with Crippen molar-refractivity contribution in [3.05, 3.63) is 123 Å². The van der Waals surface area contributed by atoms with E-state index in [0.717, 1.165) is 32.8 Å². The van der Waals surface area contributed by atoms with Crippen molar-refractivity contribution in [1.82, 2.24) is 0 Å². The van der Waals surface area contributed by atoms with Gasteiger partial charge in [-0.05, 0) is 59.5 Å². The van der Waals surface area contributed by atoms with Gasteiger partial charge in [-0.1, -0.05) is 66.7 Å². The first kappa shape index (κ1) is 21.7. The van der Waals surface area contributed by atoms with Crippen molar-refractivity contribution in [3.63, 3.8) is 0 Å². The Bertz CT molecular complexity index is 1580. The smallest absolute Gasteiger partial charge is 0.340 e. The van der Waals surface area contributed by atoms with Gasteiger partial charge < -0.3 is 9.15 Å². The second-order valence-corrected chi connectivity index (χ2v) is 8.57. The molecule has 0 saturated carbocycles. The Morgan fingerprint density at radius 1 is 0.853 bits per heavy atom. The molecule has 1 heterocycles. The van der Waals surface area contributed by atoms with Gasteiger partial charge in [-0.25, -0.2) is 4.79 Å². The SMILES string of the molecule is Cc1cc(OCC(=O)c2ccc3ccccc3c2)c2c(C)c(Cc3ccccc3)c(=O)oc2c1. The lowest BCUT2D eigenvalue weighted by atomic mass is 9.98. The Balaban J connectivity index is 1.48. The highest BCUT2D eigenvalue weighted by atomic mass is 16.5. The minimum atomic E-state index is -0.349. The van der Waals surface area contributed by atoms with Gasteiger partial charge in [0, 0.05) is 17.5 Å². The van der Waals surface area contributed by atoms with Gasteiger partial charge in [0.2, 0.25) is 0 Å². The quantitative estimate of drug-likeness (QED) is 0.222. The Labute approximate surface area is 197 Å². The van der Waals surface area contributed by atoms with E-state index >= 15 is 0 Å². The summed E-state index contributed by atoms with van der Waals surface area (Å²) >= 11 is 0. The summed E-state index contributed by atoms with van der Waals surface area (Å²) in [6, 6.07) is 27.1. The summed E-state index contributed by atoms with van der Waals surface area (Å²) in [7, 11) is 0. The van der Waals surface area contributed by atoms with E-state index in [2.05, 4.69) is 0 Å². The first-order chi connectivity index (χ1) is 16.5. The maximum atomic E-state index is 12.9. The van der Waals surface area contributed by atoms with Gasteiger partial charge in [0.1, 0.15) is 11.3 Å². The number of carbonyl (C=O) groups is 1.